The van der Waals surface area contributed by atoms with Crippen LogP contribution in [0, 0.1) is 5.82 Å². The Hall–Kier alpha value is -0.870. The molecule has 0 aliphatic heterocycles. The van der Waals surface area contributed by atoms with E-state index in [2.05, 4.69) is 4.98 Å². The van der Waals surface area contributed by atoms with Gasteiger partial charge in [0, 0.05) is 6.20 Å². The number of aromatic nitrogens is 1. The molecule has 0 amide bonds. The van der Waals surface area contributed by atoms with E-state index in [1.807, 2.05) is 0 Å². The Labute approximate surface area is 77.3 Å². The summed E-state index contributed by atoms with van der Waals surface area (Å²) in [4.78, 5) is 13.9. The van der Waals surface area contributed by atoms with Gasteiger partial charge in [0.1, 0.15) is 0 Å². The first-order valence-corrected chi connectivity index (χ1v) is 3.59. The lowest BCUT2D eigenvalue weighted by molar-refractivity contribution is 0.108. The molecule has 12 heavy (non-hydrogen) atoms. The van der Waals surface area contributed by atoms with Gasteiger partial charge < -0.3 is 5.73 Å². The van der Waals surface area contributed by atoms with E-state index in [9.17, 15) is 9.18 Å². The van der Waals surface area contributed by atoms with Gasteiger partial charge in [-0.3, -0.25) is 4.79 Å². The number of anilines is 1. The zero-order chi connectivity index (χ0) is 9.30. The molecule has 2 N–H and O–H groups in total. The molecule has 0 bridgehead atoms. The van der Waals surface area contributed by atoms with Crippen LogP contribution in [0.5, 0.6) is 0 Å². The van der Waals surface area contributed by atoms with Crippen LogP contribution in [0.1, 0.15) is 10.4 Å². The molecule has 0 unspecified atom stereocenters. The zero-order valence-corrected chi connectivity index (χ0v) is 7.16. The average Bonchev–Trinajstić information content (AvgIpc) is 2.00. The number of halogens is 3. The highest BCUT2D eigenvalue weighted by atomic mass is 35.5. The van der Waals surface area contributed by atoms with Gasteiger partial charge in [0.05, 0.1) is 11.3 Å². The SMILES string of the molecule is Nc1c(C(=O)Cl)cnc(Cl)c1F. The van der Waals surface area contributed by atoms with Gasteiger partial charge in [0.25, 0.3) is 5.24 Å². The molecule has 64 valence electrons. The highest BCUT2D eigenvalue weighted by Gasteiger charge is 2.14. The van der Waals surface area contributed by atoms with E-state index in [1.165, 1.54) is 0 Å². The lowest BCUT2D eigenvalue weighted by Crippen LogP contribution is -2.02. The summed E-state index contributed by atoms with van der Waals surface area (Å²) >= 11 is 10.3. The molecular formula is C6H3Cl2FN2O. The van der Waals surface area contributed by atoms with Gasteiger partial charge in [-0.25, -0.2) is 9.37 Å². The maximum Gasteiger partial charge on any atom is 0.256 e. The Kier molecular flexibility index (Phi) is 2.49. The summed E-state index contributed by atoms with van der Waals surface area (Å²) in [5.41, 5.74) is 4.62. The monoisotopic (exact) mass is 208 g/mol. The van der Waals surface area contributed by atoms with Crippen molar-refractivity contribution in [2.45, 2.75) is 0 Å². The van der Waals surface area contributed by atoms with Crippen molar-refractivity contribution >= 4 is 34.1 Å². The number of carbonyl (C=O) groups is 1. The van der Waals surface area contributed by atoms with Crippen molar-refractivity contribution in [1.82, 2.24) is 4.98 Å². The second kappa shape index (κ2) is 3.25. The van der Waals surface area contributed by atoms with Gasteiger partial charge >= 0.3 is 0 Å². The van der Waals surface area contributed by atoms with Crippen LogP contribution in [0.3, 0.4) is 0 Å². The van der Waals surface area contributed by atoms with Gasteiger partial charge in [-0.2, -0.15) is 0 Å². The highest BCUT2D eigenvalue weighted by Crippen LogP contribution is 2.22. The van der Waals surface area contributed by atoms with E-state index in [0.29, 0.717) is 0 Å². The minimum absolute atomic E-state index is 0.182. The lowest BCUT2D eigenvalue weighted by atomic mass is 10.2. The quantitative estimate of drug-likeness (QED) is 0.566. The molecule has 0 saturated heterocycles. The van der Waals surface area contributed by atoms with E-state index in [1.54, 1.807) is 0 Å². The maximum absolute atomic E-state index is 12.8. The molecule has 1 rings (SSSR count). The number of pyridine rings is 1. The first-order valence-electron chi connectivity index (χ1n) is 2.83. The summed E-state index contributed by atoms with van der Waals surface area (Å²) in [7, 11) is 0. The van der Waals surface area contributed by atoms with Crippen LogP contribution >= 0.6 is 23.2 Å². The molecule has 0 fully saturated rings. The fourth-order valence-electron chi connectivity index (χ4n) is 0.633. The smallest absolute Gasteiger partial charge is 0.256 e. The van der Waals surface area contributed by atoms with Crippen LogP contribution < -0.4 is 5.73 Å². The van der Waals surface area contributed by atoms with Crippen molar-refractivity contribution in [3.05, 3.63) is 22.7 Å². The number of hydrogen-bond acceptors (Lipinski definition) is 3. The second-order valence-electron chi connectivity index (χ2n) is 1.96. The number of nitrogens with two attached hydrogens (primary N) is 1. The Morgan fingerprint density at radius 3 is 2.75 bits per heavy atom. The fourth-order valence-corrected chi connectivity index (χ4v) is 0.935. The predicted molar refractivity (Wildman–Crippen MR) is 43.8 cm³/mol. The predicted octanol–water partition coefficient (Wildman–Crippen LogP) is 1.84. The van der Waals surface area contributed by atoms with Crippen LogP contribution in [0.4, 0.5) is 10.1 Å². The molecule has 0 atom stereocenters. The van der Waals surface area contributed by atoms with Crippen molar-refractivity contribution in [2.24, 2.45) is 0 Å². The average molecular weight is 209 g/mol. The third-order valence-electron chi connectivity index (χ3n) is 1.23. The Morgan fingerprint density at radius 2 is 2.25 bits per heavy atom. The number of nitrogen functional groups attached to an aromatic ring is 1. The Morgan fingerprint density at radius 1 is 1.67 bits per heavy atom. The molecule has 0 saturated carbocycles. The summed E-state index contributed by atoms with van der Waals surface area (Å²) in [6.45, 7) is 0. The minimum atomic E-state index is -0.928. The first-order chi connectivity index (χ1) is 5.54. The van der Waals surface area contributed by atoms with Crippen LogP contribution in [0.2, 0.25) is 5.15 Å². The zero-order valence-electron chi connectivity index (χ0n) is 5.64. The maximum atomic E-state index is 12.8. The van der Waals surface area contributed by atoms with Crippen molar-refractivity contribution in [3.63, 3.8) is 0 Å². The summed E-state index contributed by atoms with van der Waals surface area (Å²) < 4.78 is 12.8. The minimum Gasteiger partial charge on any atom is -0.396 e. The van der Waals surface area contributed by atoms with Crippen molar-refractivity contribution in [1.29, 1.82) is 0 Å². The van der Waals surface area contributed by atoms with Crippen molar-refractivity contribution < 1.29 is 9.18 Å². The van der Waals surface area contributed by atoms with E-state index in [4.69, 9.17) is 28.9 Å². The van der Waals surface area contributed by atoms with Gasteiger partial charge in [0.15, 0.2) is 11.0 Å². The molecule has 1 aromatic rings. The van der Waals surface area contributed by atoms with Gasteiger partial charge in [-0.1, -0.05) is 11.6 Å². The fraction of sp³-hybridized carbons (Fsp3) is 0. The molecule has 0 aliphatic carbocycles. The van der Waals surface area contributed by atoms with E-state index < -0.39 is 11.1 Å². The number of carbonyl (C=O) groups excluding carboxylic acids is 1. The van der Waals surface area contributed by atoms with Gasteiger partial charge in [-0.15, -0.1) is 0 Å². The Bertz CT molecular complexity index is 343. The van der Waals surface area contributed by atoms with Crippen LogP contribution in [0.15, 0.2) is 6.20 Å². The third-order valence-corrected chi connectivity index (χ3v) is 1.69. The molecule has 1 heterocycles. The van der Waals surface area contributed by atoms with Crippen LogP contribution in [0.25, 0.3) is 0 Å². The number of rotatable bonds is 1. The summed E-state index contributed by atoms with van der Waals surface area (Å²) in [5, 5.41) is -1.25. The van der Waals surface area contributed by atoms with Gasteiger partial charge in [0.2, 0.25) is 0 Å². The van der Waals surface area contributed by atoms with Crippen molar-refractivity contribution in [2.75, 3.05) is 5.73 Å². The number of hydrogen-bond donors (Lipinski definition) is 1. The number of nitrogens with zero attached hydrogens (tertiary/aromatic N) is 1. The Balaban J connectivity index is 3.36. The first kappa shape index (κ1) is 9.22. The highest BCUT2D eigenvalue weighted by molar-refractivity contribution is 6.68. The molecule has 3 nitrogen and oxygen atoms in total. The van der Waals surface area contributed by atoms with E-state index in [0.717, 1.165) is 6.20 Å². The molecule has 0 aliphatic rings. The second-order valence-corrected chi connectivity index (χ2v) is 2.67. The van der Waals surface area contributed by atoms with Gasteiger partial charge in [-0.05, 0) is 11.6 Å². The van der Waals surface area contributed by atoms with Crippen LogP contribution in [-0.2, 0) is 0 Å². The molecule has 0 spiro atoms. The molecular weight excluding hydrogens is 206 g/mol. The standard InChI is InChI=1S/C6H3Cl2FN2O/c7-5-3(9)4(10)2(1-11-5)6(8)12/h1H,(H2,10,11). The topological polar surface area (TPSA) is 56.0 Å². The van der Waals surface area contributed by atoms with E-state index in [-0.39, 0.29) is 16.4 Å². The van der Waals surface area contributed by atoms with Crippen LogP contribution in [-0.4, -0.2) is 10.2 Å². The normalized spacial score (nSPS) is 9.92. The molecule has 1 aromatic heterocycles. The molecule has 6 heteroatoms. The summed E-state index contributed by atoms with van der Waals surface area (Å²) in [6.07, 6.45) is 1.02. The van der Waals surface area contributed by atoms with Crippen molar-refractivity contribution in [3.8, 4) is 0 Å². The summed E-state index contributed by atoms with van der Waals surface area (Å²) in [5.74, 6) is -0.928. The van der Waals surface area contributed by atoms with E-state index >= 15 is 0 Å². The third kappa shape index (κ3) is 1.49. The molecule has 0 radical (unpaired) electrons. The lowest BCUT2D eigenvalue weighted by Gasteiger charge is -2.01. The summed E-state index contributed by atoms with van der Waals surface area (Å²) in [6, 6.07) is 0. The largest absolute Gasteiger partial charge is 0.396 e. The molecule has 0 aromatic carbocycles.